The fourth-order valence-corrected chi connectivity index (χ4v) is 1.18. The number of aromatic nitrogens is 10. The number of benzene rings is 1. The Morgan fingerprint density at radius 2 is 0.875 bits per heavy atom. The van der Waals surface area contributed by atoms with Crippen molar-refractivity contribution in [3.63, 3.8) is 0 Å². The minimum atomic E-state index is 0.738. The lowest BCUT2D eigenvalue weighted by Crippen LogP contribution is -2.02. The Balaban J connectivity index is 1.97. The molecule has 0 radical (unpaired) electrons. The second-order valence-electron chi connectivity index (χ2n) is 2.81. The minimum absolute atomic E-state index is 0.738. The first-order chi connectivity index (χ1) is 7.93. The van der Waals surface area contributed by atoms with Crippen LogP contribution in [0, 0.1) is 0 Å². The third-order valence-electron chi connectivity index (χ3n) is 1.89. The lowest BCUT2D eigenvalue weighted by Gasteiger charge is -1.99. The number of hydrogen-bond acceptors (Lipinski definition) is 8. The number of hydrogen-bond donors (Lipinski definition) is 0. The standard InChI is InChI=1S/C6H4N10/c1-2-6(16-13-9-10-14-16)4-3-5(1)15-11-7-8-12-15/h1-4H. The molecule has 0 N–H and O–H groups in total. The van der Waals surface area contributed by atoms with Gasteiger partial charge in [0.05, 0.1) is 11.4 Å². The summed E-state index contributed by atoms with van der Waals surface area (Å²) in [6.45, 7) is 0. The van der Waals surface area contributed by atoms with E-state index >= 15 is 0 Å². The summed E-state index contributed by atoms with van der Waals surface area (Å²) in [4.78, 5) is 2.60. The zero-order chi connectivity index (χ0) is 10.8. The van der Waals surface area contributed by atoms with Crippen LogP contribution in [0.25, 0.3) is 11.4 Å². The van der Waals surface area contributed by atoms with Crippen LogP contribution in [0.1, 0.15) is 0 Å². The van der Waals surface area contributed by atoms with E-state index in [1.165, 1.54) is 9.59 Å². The van der Waals surface area contributed by atoms with Crippen molar-refractivity contribution >= 4 is 0 Å². The Morgan fingerprint density at radius 3 is 1.19 bits per heavy atom. The van der Waals surface area contributed by atoms with Crippen LogP contribution in [-0.2, 0) is 0 Å². The lowest BCUT2D eigenvalue weighted by atomic mass is 10.3. The Bertz CT molecular complexity index is 499. The summed E-state index contributed by atoms with van der Waals surface area (Å²) in [5.41, 5.74) is 1.48. The van der Waals surface area contributed by atoms with Crippen molar-refractivity contribution in [2.45, 2.75) is 0 Å². The van der Waals surface area contributed by atoms with Crippen LogP contribution < -0.4 is 0 Å². The van der Waals surface area contributed by atoms with E-state index in [4.69, 9.17) is 0 Å². The largest absolute Gasteiger partial charge is 0.111 e. The molecular weight excluding hydrogens is 212 g/mol. The van der Waals surface area contributed by atoms with Gasteiger partial charge in [0.15, 0.2) is 0 Å². The van der Waals surface area contributed by atoms with Crippen LogP contribution in [0.5, 0.6) is 0 Å². The van der Waals surface area contributed by atoms with Gasteiger partial charge >= 0.3 is 0 Å². The Hall–Kier alpha value is -2.78. The summed E-state index contributed by atoms with van der Waals surface area (Å²) < 4.78 is 0. The van der Waals surface area contributed by atoms with Crippen LogP contribution in [0.2, 0.25) is 0 Å². The highest BCUT2D eigenvalue weighted by Gasteiger charge is 2.02. The molecule has 16 heavy (non-hydrogen) atoms. The van der Waals surface area contributed by atoms with Crippen LogP contribution in [0.4, 0.5) is 0 Å². The molecule has 0 aliphatic rings. The predicted molar refractivity (Wildman–Crippen MR) is 47.5 cm³/mol. The average Bonchev–Trinajstić information content (AvgIpc) is 3.03. The smallest absolute Gasteiger partial charge is 0.0894 e. The maximum absolute atomic E-state index is 3.66. The van der Waals surface area contributed by atoms with Gasteiger partial charge in [0, 0.05) is 0 Å². The molecule has 3 aromatic rings. The molecule has 0 spiro atoms. The minimum Gasteiger partial charge on any atom is -0.111 e. The van der Waals surface area contributed by atoms with Crippen molar-refractivity contribution in [2.24, 2.45) is 0 Å². The van der Waals surface area contributed by atoms with E-state index in [-0.39, 0.29) is 0 Å². The van der Waals surface area contributed by atoms with Gasteiger partial charge in [0.25, 0.3) is 0 Å². The van der Waals surface area contributed by atoms with Crippen LogP contribution in [0.3, 0.4) is 0 Å². The van der Waals surface area contributed by atoms with Crippen molar-refractivity contribution in [1.82, 2.24) is 51.3 Å². The Morgan fingerprint density at radius 1 is 0.562 bits per heavy atom. The summed E-state index contributed by atoms with van der Waals surface area (Å²) in [6.07, 6.45) is 0. The molecule has 0 aliphatic carbocycles. The van der Waals surface area contributed by atoms with Crippen LogP contribution in [-0.4, -0.2) is 51.3 Å². The number of nitrogens with zero attached hydrogens (tertiary/aromatic N) is 10. The topological polar surface area (TPSA) is 113 Å². The normalized spacial score (nSPS) is 10.5. The van der Waals surface area contributed by atoms with Crippen LogP contribution >= 0.6 is 0 Å². The summed E-state index contributed by atoms with van der Waals surface area (Å²) in [6, 6.07) is 7.12. The van der Waals surface area contributed by atoms with Gasteiger partial charge in [-0.3, -0.25) is 0 Å². The van der Waals surface area contributed by atoms with E-state index in [0.29, 0.717) is 0 Å². The summed E-state index contributed by atoms with van der Waals surface area (Å²) >= 11 is 0. The third-order valence-corrected chi connectivity index (χ3v) is 1.89. The highest BCUT2D eigenvalue weighted by Crippen LogP contribution is 2.08. The van der Waals surface area contributed by atoms with Crippen molar-refractivity contribution in [3.8, 4) is 11.4 Å². The molecule has 10 nitrogen and oxygen atoms in total. The number of rotatable bonds is 2. The van der Waals surface area contributed by atoms with Crippen LogP contribution in [0.15, 0.2) is 24.3 Å². The monoisotopic (exact) mass is 216 g/mol. The van der Waals surface area contributed by atoms with Gasteiger partial charge in [-0.05, 0) is 66.0 Å². The van der Waals surface area contributed by atoms with Gasteiger partial charge in [-0.15, -0.1) is 9.59 Å². The summed E-state index contributed by atoms with van der Waals surface area (Å²) in [5, 5.41) is 28.1. The SMILES string of the molecule is c1cc(-n2nnnn2)ccc1-n1nnnn1. The molecule has 0 saturated heterocycles. The molecule has 0 fully saturated rings. The molecule has 0 atom stereocenters. The zero-order valence-electron chi connectivity index (χ0n) is 7.78. The van der Waals surface area contributed by atoms with E-state index in [1.807, 2.05) is 0 Å². The van der Waals surface area contributed by atoms with Crippen molar-refractivity contribution in [2.75, 3.05) is 0 Å². The van der Waals surface area contributed by atoms with Gasteiger partial charge in [-0.1, -0.05) is 0 Å². The molecule has 1 aromatic carbocycles. The fourth-order valence-electron chi connectivity index (χ4n) is 1.18. The molecule has 0 saturated carbocycles. The first-order valence-corrected chi connectivity index (χ1v) is 4.27. The molecular formula is C6H4N10. The van der Waals surface area contributed by atoms with Crippen molar-refractivity contribution < 1.29 is 0 Å². The van der Waals surface area contributed by atoms with E-state index < -0.39 is 0 Å². The molecule has 0 amide bonds. The maximum atomic E-state index is 3.66. The van der Waals surface area contributed by atoms with Gasteiger partial charge < -0.3 is 0 Å². The Kier molecular flexibility index (Phi) is 1.82. The van der Waals surface area contributed by atoms with Gasteiger partial charge in [-0.2, -0.15) is 0 Å². The highest BCUT2D eigenvalue weighted by molar-refractivity contribution is 5.38. The first-order valence-electron chi connectivity index (χ1n) is 4.27. The van der Waals surface area contributed by atoms with Gasteiger partial charge in [-0.25, -0.2) is 0 Å². The van der Waals surface area contributed by atoms with Crippen molar-refractivity contribution in [1.29, 1.82) is 0 Å². The third kappa shape index (κ3) is 1.37. The summed E-state index contributed by atoms with van der Waals surface area (Å²) in [7, 11) is 0. The molecule has 0 aliphatic heterocycles. The molecule has 0 unspecified atom stereocenters. The molecule has 2 heterocycles. The summed E-state index contributed by atoms with van der Waals surface area (Å²) in [5.74, 6) is 0. The molecule has 78 valence electrons. The molecule has 10 heteroatoms. The molecule has 0 bridgehead atoms. The second-order valence-corrected chi connectivity index (χ2v) is 2.81. The van der Waals surface area contributed by atoms with Gasteiger partial charge in [0.1, 0.15) is 0 Å². The van der Waals surface area contributed by atoms with Gasteiger partial charge in [0.2, 0.25) is 0 Å². The zero-order valence-corrected chi connectivity index (χ0v) is 7.78. The maximum Gasteiger partial charge on any atom is 0.0894 e. The van der Waals surface area contributed by atoms with E-state index in [0.717, 1.165) is 11.4 Å². The van der Waals surface area contributed by atoms with E-state index in [2.05, 4.69) is 41.7 Å². The highest BCUT2D eigenvalue weighted by atomic mass is 15.7. The molecule has 2 aromatic heterocycles. The molecule has 3 rings (SSSR count). The van der Waals surface area contributed by atoms with E-state index in [1.54, 1.807) is 24.3 Å². The quantitative estimate of drug-likeness (QED) is 0.504. The second kappa shape index (κ2) is 3.42. The van der Waals surface area contributed by atoms with Crippen molar-refractivity contribution in [3.05, 3.63) is 24.3 Å². The average molecular weight is 216 g/mol. The fraction of sp³-hybridized carbons (Fsp3) is 0. The van der Waals surface area contributed by atoms with E-state index in [9.17, 15) is 0 Å². The lowest BCUT2D eigenvalue weighted by molar-refractivity contribution is 0.701. The predicted octanol–water partition coefficient (Wildman–Crippen LogP) is -1.57. The Labute approximate surface area is 87.8 Å². The first kappa shape index (κ1) is 8.52.